The Kier molecular flexibility index (Phi) is 3.75. The van der Waals surface area contributed by atoms with Gasteiger partial charge in [-0.25, -0.2) is 9.82 Å². The Morgan fingerprint density at radius 3 is 2.76 bits per heavy atom. The Labute approximate surface area is 112 Å². The molecule has 0 fully saturated rings. The van der Waals surface area contributed by atoms with Gasteiger partial charge in [-0.15, -0.1) is 0 Å². The Hall–Kier alpha value is -0.990. The van der Waals surface area contributed by atoms with E-state index >= 15 is 0 Å². The largest absolute Gasteiger partial charge is 0.275 e. The van der Waals surface area contributed by atoms with E-state index in [-0.39, 0.29) is 11.9 Å². The molecule has 0 amide bonds. The first-order valence-electron chi connectivity index (χ1n) is 5.02. The van der Waals surface area contributed by atoms with Crippen LogP contribution >= 0.6 is 22.6 Å². The molecular weight excluding hydrogens is 334 g/mol. The van der Waals surface area contributed by atoms with E-state index in [1.54, 1.807) is 10.7 Å². The lowest BCUT2D eigenvalue weighted by Gasteiger charge is -2.15. The second-order valence-electron chi connectivity index (χ2n) is 3.68. The van der Waals surface area contributed by atoms with Gasteiger partial charge in [-0.3, -0.25) is 10.5 Å². The molecule has 1 aromatic carbocycles. The number of hydrogen-bond acceptors (Lipinski definition) is 3. The van der Waals surface area contributed by atoms with Crippen molar-refractivity contribution in [2.45, 2.75) is 6.04 Å². The van der Waals surface area contributed by atoms with Crippen molar-refractivity contribution in [3.05, 3.63) is 51.1 Å². The van der Waals surface area contributed by atoms with Crippen LogP contribution in [0.25, 0.3) is 0 Å². The molecule has 1 unspecified atom stereocenters. The van der Waals surface area contributed by atoms with E-state index < -0.39 is 0 Å². The molecule has 0 radical (unpaired) electrons. The Balaban J connectivity index is 2.42. The van der Waals surface area contributed by atoms with Crippen molar-refractivity contribution in [1.82, 2.24) is 15.2 Å². The molecular formula is C11H12FIN4. The fourth-order valence-electron chi connectivity index (χ4n) is 1.66. The molecule has 1 heterocycles. The highest BCUT2D eigenvalue weighted by Gasteiger charge is 2.17. The van der Waals surface area contributed by atoms with Crippen molar-refractivity contribution < 1.29 is 4.39 Å². The van der Waals surface area contributed by atoms with E-state index in [2.05, 4.69) is 33.1 Å². The highest BCUT2D eigenvalue weighted by atomic mass is 127. The SMILES string of the molecule is Cn1ccc(C(NN)c2ccc(F)cc2I)n1. The van der Waals surface area contributed by atoms with Crippen LogP contribution in [0.2, 0.25) is 0 Å². The molecule has 0 aliphatic heterocycles. The zero-order chi connectivity index (χ0) is 12.4. The van der Waals surface area contributed by atoms with Gasteiger partial charge in [0.15, 0.2) is 0 Å². The maximum atomic E-state index is 13.0. The van der Waals surface area contributed by atoms with E-state index in [0.29, 0.717) is 0 Å². The predicted molar refractivity (Wildman–Crippen MR) is 71.5 cm³/mol. The number of hydrogen-bond donors (Lipinski definition) is 2. The van der Waals surface area contributed by atoms with Crippen LogP contribution < -0.4 is 11.3 Å². The second-order valence-corrected chi connectivity index (χ2v) is 4.84. The highest BCUT2D eigenvalue weighted by Crippen LogP contribution is 2.25. The molecule has 0 aliphatic rings. The summed E-state index contributed by atoms with van der Waals surface area (Å²) in [4.78, 5) is 0. The minimum absolute atomic E-state index is 0.233. The van der Waals surface area contributed by atoms with E-state index in [1.807, 2.05) is 19.3 Å². The van der Waals surface area contributed by atoms with E-state index in [1.165, 1.54) is 12.1 Å². The lowest BCUT2D eigenvalue weighted by molar-refractivity contribution is 0.594. The standard InChI is InChI=1S/C11H12FIN4/c1-17-5-4-10(16-17)11(15-14)8-3-2-7(12)6-9(8)13/h2-6,11,15H,14H2,1H3. The Bertz CT molecular complexity index is 526. The summed E-state index contributed by atoms with van der Waals surface area (Å²) >= 11 is 2.09. The van der Waals surface area contributed by atoms with Gasteiger partial charge in [0.1, 0.15) is 5.82 Å². The van der Waals surface area contributed by atoms with Crippen molar-refractivity contribution in [2.24, 2.45) is 12.9 Å². The van der Waals surface area contributed by atoms with Gasteiger partial charge in [0.25, 0.3) is 0 Å². The number of nitrogens with two attached hydrogens (primary N) is 1. The number of hydrazine groups is 1. The van der Waals surface area contributed by atoms with Crippen molar-refractivity contribution >= 4 is 22.6 Å². The summed E-state index contributed by atoms with van der Waals surface area (Å²) in [6.07, 6.45) is 1.84. The van der Waals surface area contributed by atoms with Gasteiger partial charge in [0.2, 0.25) is 0 Å². The first-order chi connectivity index (χ1) is 8.11. The number of aromatic nitrogens is 2. The van der Waals surface area contributed by atoms with E-state index in [0.717, 1.165) is 14.8 Å². The first kappa shape index (κ1) is 12.5. The second kappa shape index (κ2) is 5.11. The van der Waals surface area contributed by atoms with Gasteiger partial charge in [0.05, 0.1) is 11.7 Å². The summed E-state index contributed by atoms with van der Waals surface area (Å²) in [7, 11) is 1.84. The molecule has 2 aromatic rings. The highest BCUT2D eigenvalue weighted by molar-refractivity contribution is 14.1. The number of rotatable bonds is 3. The minimum atomic E-state index is -0.255. The van der Waals surface area contributed by atoms with E-state index in [4.69, 9.17) is 5.84 Å². The summed E-state index contributed by atoms with van der Waals surface area (Å²) < 4.78 is 15.6. The van der Waals surface area contributed by atoms with E-state index in [9.17, 15) is 4.39 Å². The summed E-state index contributed by atoms with van der Waals surface area (Å²) in [6.45, 7) is 0. The van der Waals surface area contributed by atoms with Gasteiger partial charge in [-0.05, 0) is 46.4 Å². The van der Waals surface area contributed by atoms with Crippen LogP contribution in [0.15, 0.2) is 30.5 Å². The fraction of sp³-hybridized carbons (Fsp3) is 0.182. The van der Waals surface area contributed by atoms with Crippen molar-refractivity contribution in [3.8, 4) is 0 Å². The molecule has 6 heteroatoms. The average molecular weight is 346 g/mol. The van der Waals surface area contributed by atoms with Gasteiger partial charge in [-0.2, -0.15) is 5.10 Å². The van der Waals surface area contributed by atoms with Crippen LogP contribution in [-0.4, -0.2) is 9.78 Å². The molecule has 4 nitrogen and oxygen atoms in total. The van der Waals surface area contributed by atoms with Crippen molar-refractivity contribution in [3.63, 3.8) is 0 Å². The molecule has 0 spiro atoms. The molecule has 1 atom stereocenters. The lowest BCUT2D eigenvalue weighted by Crippen LogP contribution is -2.29. The monoisotopic (exact) mass is 346 g/mol. The van der Waals surface area contributed by atoms with Crippen molar-refractivity contribution in [2.75, 3.05) is 0 Å². The molecule has 0 saturated heterocycles. The Morgan fingerprint density at radius 2 is 2.24 bits per heavy atom. The van der Waals surface area contributed by atoms with Crippen LogP contribution in [0.5, 0.6) is 0 Å². The molecule has 3 N–H and O–H groups in total. The summed E-state index contributed by atoms with van der Waals surface area (Å²) in [6, 6.07) is 6.26. The lowest BCUT2D eigenvalue weighted by atomic mass is 10.0. The van der Waals surface area contributed by atoms with Crippen LogP contribution in [-0.2, 0) is 7.05 Å². The topological polar surface area (TPSA) is 55.9 Å². The third-order valence-electron chi connectivity index (χ3n) is 2.47. The third-order valence-corrected chi connectivity index (χ3v) is 3.40. The first-order valence-corrected chi connectivity index (χ1v) is 6.10. The number of benzene rings is 1. The van der Waals surface area contributed by atoms with Crippen LogP contribution in [0, 0.1) is 9.39 Å². The van der Waals surface area contributed by atoms with Gasteiger partial charge >= 0.3 is 0 Å². The summed E-state index contributed by atoms with van der Waals surface area (Å²) in [5, 5.41) is 4.30. The fourth-order valence-corrected chi connectivity index (χ4v) is 2.45. The molecule has 2 rings (SSSR count). The number of nitrogens with one attached hydrogen (secondary N) is 1. The molecule has 0 saturated carbocycles. The normalized spacial score (nSPS) is 12.7. The quantitative estimate of drug-likeness (QED) is 0.506. The molecule has 90 valence electrons. The predicted octanol–water partition coefficient (Wildman–Crippen LogP) is 1.72. The molecule has 17 heavy (non-hydrogen) atoms. The van der Waals surface area contributed by atoms with Crippen molar-refractivity contribution in [1.29, 1.82) is 0 Å². The maximum absolute atomic E-state index is 13.0. The molecule has 1 aromatic heterocycles. The maximum Gasteiger partial charge on any atom is 0.124 e. The number of halogens is 2. The Morgan fingerprint density at radius 1 is 1.47 bits per heavy atom. The zero-order valence-electron chi connectivity index (χ0n) is 9.19. The van der Waals surface area contributed by atoms with Gasteiger partial charge in [0, 0.05) is 16.8 Å². The van der Waals surface area contributed by atoms with Gasteiger partial charge in [-0.1, -0.05) is 6.07 Å². The average Bonchev–Trinajstić information content (AvgIpc) is 2.69. The summed E-state index contributed by atoms with van der Waals surface area (Å²) in [5.41, 5.74) is 4.42. The molecule has 0 bridgehead atoms. The smallest absolute Gasteiger partial charge is 0.124 e. The zero-order valence-corrected chi connectivity index (χ0v) is 11.3. The van der Waals surface area contributed by atoms with Crippen LogP contribution in [0.4, 0.5) is 4.39 Å². The third kappa shape index (κ3) is 2.64. The van der Waals surface area contributed by atoms with Gasteiger partial charge < -0.3 is 0 Å². The number of nitrogens with zero attached hydrogens (tertiary/aromatic N) is 2. The van der Waals surface area contributed by atoms with Crippen LogP contribution in [0.3, 0.4) is 0 Å². The minimum Gasteiger partial charge on any atom is -0.275 e. The number of aryl methyl sites for hydroxylation is 1. The summed E-state index contributed by atoms with van der Waals surface area (Å²) in [5.74, 6) is 5.30. The molecule has 0 aliphatic carbocycles. The van der Waals surface area contributed by atoms with Crippen LogP contribution in [0.1, 0.15) is 17.3 Å².